The Bertz CT molecular complexity index is 574. The summed E-state index contributed by atoms with van der Waals surface area (Å²) in [5, 5.41) is 0. The van der Waals surface area contributed by atoms with Crippen LogP contribution in [0.4, 0.5) is 0 Å². The minimum Gasteiger partial charge on any atom is -0.458 e. The first-order chi connectivity index (χ1) is 11.0. The van der Waals surface area contributed by atoms with Crippen molar-refractivity contribution in [2.45, 2.75) is 46.3 Å². The van der Waals surface area contributed by atoms with Crippen molar-refractivity contribution in [1.82, 2.24) is 4.90 Å². The van der Waals surface area contributed by atoms with Crippen molar-refractivity contribution in [1.29, 1.82) is 0 Å². The summed E-state index contributed by atoms with van der Waals surface area (Å²) in [5.41, 5.74) is 2.23. The number of hydrogen-bond donors (Lipinski definition) is 0. The van der Waals surface area contributed by atoms with Gasteiger partial charge in [-0.15, -0.1) is 0 Å². The van der Waals surface area contributed by atoms with Crippen LogP contribution in [0.3, 0.4) is 0 Å². The fraction of sp³-hybridized carbons (Fsp3) is 0.556. The molecule has 2 aliphatic rings. The summed E-state index contributed by atoms with van der Waals surface area (Å²) in [6.45, 7) is 9.07. The predicted octanol–water partition coefficient (Wildman–Crippen LogP) is 2.39. The molecule has 2 atom stereocenters. The van der Waals surface area contributed by atoms with E-state index < -0.39 is 0 Å². The summed E-state index contributed by atoms with van der Waals surface area (Å²) in [5.74, 6) is -0.574. The highest BCUT2D eigenvalue weighted by Gasteiger charge is 2.41. The lowest BCUT2D eigenvalue weighted by atomic mass is 10.0. The molecule has 1 saturated heterocycles. The molecule has 5 heteroatoms. The van der Waals surface area contributed by atoms with Crippen LogP contribution in [0.15, 0.2) is 34.9 Å². The molecule has 0 unspecified atom stereocenters. The molecule has 1 fully saturated rings. The molecule has 126 valence electrons. The van der Waals surface area contributed by atoms with Crippen molar-refractivity contribution in [2.75, 3.05) is 19.7 Å². The molecule has 5 nitrogen and oxygen atoms in total. The van der Waals surface area contributed by atoms with Crippen molar-refractivity contribution in [2.24, 2.45) is 0 Å². The lowest BCUT2D eigenvalue weighted by molar-refractivity contribution is -0.145. The standard InChI is InChI=1S/C18H25NO4/c1-5-12(3)17(20)22-11-14-7-9-19-10-8-15(16(14)19)23-18(21)13(4)6-2/h5-7,15-16H,8-11H2,1-4H3/b12-5-,13-6-/t15-,16+/m0/s1. The van der Waals surface area contributed by atoms with Crippen LogP contribution in [0.25, 0.3) is 0 Å². The molecule has 0 aromatic heterocycles. The van der Waals surface area contributed by atoms with Gasteiger partial charge in [-0.1, -0.05) is 18.2 Å². The molecule has 0 amide bonds. The van der Waals surface area contributed by atoms with Gasteiger partial charge in [-0.05, 0) is 39.7 Å². The lowest BCUT2D eigenvalue weighted by Gasteiger charge is -2.24. The van der Waals surface area contributed by atoms with Crippen LogP contribution in [-0.4, -0.2) is 48.7 Å². The topological polar surface area (TPSA) is 55.8 Å². The van der Waals surface area contributed by atoms with Gasteiger partial charge in [-0.2, -0.15) is 0 Å². The molecule has 0 aromatic rings. The zero-order valence-electron chi connectivity index (χ0n) is 14.3. The monoisotopic (exact) mass is 319 g/mol. The molecule has 2 heterocycles. The fourth-order valence-corrected chi connectivity index (χ4v) is 2.86. The number of rotatable bonds is 5. The van der Waals surface area contributed by atoms with Gasteiger partial charge < -0.3 is 9.47 Å². The number of nitrogens with zero attached hydrogens (tertiary/aromatic N) is 1. The maximum Gasteiger partial charge on any atom is 0.333 e. The molecule has 0 spiro atoms. The number of carbonyl (C=O) groups is 2. The molecule has 23 heavy (non-hydrogen) atoms. The number of fused-ring (bicyclic) bond motifs is 1. The quantitative estimate of drug-likeness (QED) is 0.442. The molecule has 0 aromatic carbocycles. The van der Waals surface area contributed by atoms with E-state index in [1.54, 1.807) is 26.0 Å². The molecular weight excluding hydrogens is 294 g/mol. The van der Waals surface area contributed by atoms with Gasteiger partial charge in [0, 0.05) is 24.2 Å². The van der Waals surface area contributed by atoms with Crippen LogP contribution in [0.5, 0.6) is 0 Å². The Morgan fingerprint density at radius 1 is 1.22 bits per heavy atom. The third kappa shape index (κ3) is 3.91. The second-order valence-corrected chi connectivity index (χ2v) is 5.97. The van der Waals surface area contributed by atoms with E-state index >= 15 is 0 Å². The Balaban J connectivity index is 1.98. The lowest BCUT2D eigenvalue weighted by Crippen LogP contribution is -2.36. The highest BCUT2D eigenvalue weighted by molar-refractivity contribution is 5.88. The highest BCUT2D eigenvalue weighted by Crippen LogP contribution is 2.31. The van der Waals surface area contributed by atoms with Crippen LogP contribution in [-0.2, 0) is 19.1 Å². The fourth-order valence-electron chi connectivity index (χ4n) is 2.86. The Morgan fingerprint density at radius 2 is 1.87 bits per heavy atom. The SMILES string of the molecule is C/C=C(/C)C(=O)OCC1=CCN2CC[C@H](OC(=O)/C(C)=C\C)[C@@H]12. The van der Waals surface area contributed by atoms with E-state index in [2.05, 4.69) is 11.0 Å². The zero-order chi connectivity index (χ0) is 17.0. The van der Waals surface area contributed by atoms with Gasteiger partial charge in [0.15, 0.2) is 0 Å². The second-order valence-electron chi connectivity index (χ2n) is 5.97. The molecule has 0 aliphatic carbocycles. The summed E-state index contributed by atoms with van der Waals surface area (Å²) < 4.78 is 11.0. The van der Waals surface area contributed by atoms with Crippen molar-refractivity contribution in [3.63, 3.8) is 0 Å². The Kier molecular flexibility index (Phi) is 5.77. The van der Waals surface area contributed by atoms with Gasteiger partial charge >= 0.3 is 11.9 Å². The first-order valence-electron chi connectivity index (χ1n) is 8.04. The first-order valence-corrected chi connectivity index (χ1v) is 8.04. The smallest absolute Gasteiger partial charge is 0.333 e. The minimum absolute atomic E-state index is 0.0299. The average molecular weight is 319 g/mol. The van der Waals surface area contributed by atoms with Crippen LogP contribution in [0, 0.1) is 0 Å². The van der Waals surface area contributed by atoms with Gasteiger partial charge in [0.1, 0.15) is 12.7 Å². The van der Waals surface area contributed by atoms with E-state index in [1.807, 2.05) is 13.8 Å². The Hall–Kier alpha value is -1.88. The van der Waals surface area contributed by atoms with E-state index in [4.69, 9.17) is 9.47 Å². The average Bonchev–Trinajstić information content (AvgIpc) is 3.14. The first kappa shape index (κ1) is 17.5. The molecule has 2 rings (SSSR count). The van der Waals surface area contributed by atoms with E-state index in [0.717, 1.165) is 25.1 Å². The highest BCUT2D eigenvalue weighted by atomic mass is 16.5. The molecule has 2 aliphatic heterocycles. The number of hydrogen-bond acceptors (Lipinski definition) is 5. The third-order valence-electron chi connectivity index (χ3n) is 4.55. The second kappa shape index (κ2) is 7.59. The van der Waals surface area contributed by atoms with E-state index in [9.17, 15) is 9.59 Å². The molecule has 0 N–H and O–H groups in total. The number of esters is 2. The van der Waals surface area contributed by atoms with Crippen LogP contribution in [0.2, 0.25) is 0 Å². The molecular formula is C18H25NO4. The van der Waals surface area contributed by atoms with Gasteiger partial charge in [0.25, 0.3) is 0 Å². The van der Waals surface area contributed by atoms with Gasteiger partial charge in [-0.25, -0.2) is 9.59 Å². The number of ether oxygens (including phenoxy) is 2. The zero-order valence-corrected chi connectivity index (χ0v) is 14.3. The summed E-state index contributed by atoms with van der Waals surface area (Å²) in [7, 11) is 0. The molecule has 0 radical (unpaired) electrons. The van der Waals surface area contributed by atoms with Crippen LogP contribution < -0.4 is 0 Å². The Morgan fingerprint density at radius 3 is 2.52 bits per heavy atom. The maximum atomic E-state index is 12.0. The summed E-state index contributed by atoms with van der Waals surface area (Å²) in [4.78, 5) is 26.0. The molecule has 0 saturated carbocycles. The van der Waals surface area contributed by atoms with Crippen molar-refractivity contribution < 1.29 is 19.1 Å². The Labute approximate surface area is 137 Å². The third-order valence-corrected chi connectivity index (χ3v) is 4.55. The van der Waals surface area contributed by atoms with Crippen LogP contribution in [0.1, 0.15) is 34.1 Å². The maximum absolute atomic E-state index is 12.0. The van der Waals surface area contributed by atoms with Gasteiger partial charge in [0.05, 0.1) is 6.04 Å². The normalized spacial score (nSPS) is 25.1. The number of carbonyl (C=O) groups excluding carboxylic acids is 2. The van der Waals surface area contributed by atoms with E-state index in [0.29, 0.717) is 11.1 Å². The van der Waals surface area contributed by atoms with Gasteiger partial charge in [-0.3, -0.25) is 4.90 Å². The minimum atomic E-state index is -0.303. The summed E-state index contributed by atoms with van der Waals surface area (Å²) in [6.07, 6.45) is 6.20. The van der Waals surface area contributed by atoms with Crippen molar-refractivity contribution in [3.8, 4) is 0 Å². The number of allylic oxidation sites excluding steroid dienone is 2. The van der Waals surface area contributed by atoms with E-state index in [-0.39, 0.29) is 30.7 Å². The summed E-state index contributed by atoms with van der Waals surface area (Å²) in [6, 6.07) is 0.0299. The van der Waals surface area contributed by atoms with Crippen molar-refractivity contribution in [3.05, 3.63) is 34.9 Å². The van der Waals surface area contributed by atoms with Crippen LogP contribution >= 0.6 is 0 Å². The molecule has 0 bridgehead atoms. The predicted molar refractivity (Wildman–Crippen MR) is 87.8 cm³/mol. The largest absolute Gasteiger partial charge is 0.458 e. The summed E-state index contributed by atoms with van der Waals surface area (Å²) >= 11 is 0. The van der Waals surface area contributed by atoms with Crippen molar-refractivity contribution >= 4 is 11.9 Å². The van der Waals surface area contributed by atoms with Gasteiger partial charge in [0.2, 0.25) is 0 Å². The van der Waals surface area contributed by atoms with E-state index in [1.165, 1.54) is 0 Å².